The van der Waals surface area contributed by atoms with Crippen molar-refractivity contribution in [2.75, 3.05) is 24.0 Å². The van der Waals surface area contributed by atoms with E-state index < -0.39 is 28.5 Å². The molecule has 1 N–H and O–H groups in total. The molecule has 0 radical (unpaired) electrons. The molecule has 0 aromatic heterocycles. The number of anilines is 1. The molecule has 3 rings (SSSR count). The molecule has 0 unspecified atom stereocenters. The van der Waals surface area contributed by atoms with Gasteiger partial charge in [0.15, 0.2) is 0 Å². The van der Waals surface area contributed by atoms with Gasteiger partial charge in [-0.25, -0.2) is 8.42 Å². The summed E-state index contributed by atoms with van der Waals surface area (Å²) in [6, 6.07) is 18.5. The van der Waals surface area contributed by atoms with E-state index in [9.17, 15) is 18.0 Å². The van der Waals surface area contributed by atoms with Crippen LogP contribution in [-0.2, 0) is 26.2 Å². The number of carbonyl (C=O) groups is 2. The van der Waals surface area contributed by atoms with E-state index in [0.717, 1.165) is 17.1 Å². The molecule has 42 heavy (non-hydrogen) atoms. The molecule has 0 aliphatic heterocycles. The molecule has 0 saturated carbocycles. The summed E-state index contributed by atoms with van der Waals surface area (Å²) in [6.07, 6.45) is 1.97. The molecule has 0 heterocycles. The van der Waals surface area contributed by atoms with Crippen LogP contribution in [0.1, 0.15) is 45.6 Å². The molecule has 3 aromatic rings. The summed E-state index contributed by atoms with van der Waals surface area (Å²) in [5, 5.41) is 3.57. The molecule has 1 atom stereocenters. The molecular weight excluding hydrogens is 597 g/mol. The van der Waals surface area contributed by atoms with Gasteiger partial charge in [-0.2, -0.15) is 0 Å². The highest BCUT2D eigenvalue weighted by Gasteiger charge is 2.34. The van der Waals surface area contributed by atoms with Crippen molar-refractivity contribution < 1.29 is 22.7 Å². The minimum atomic E-state index is -4.20. The zero-order valence-corrected chi connectivity index (χ0v) is 26.4. The Morgan fingerprint density at radius 3 is 2.12 bits per heavy atom. The van der Waals surface area contributed by atoms with E-state index >= 15 is 0 Å². The van der Waals surface area contributed by atoms with Crippen LogP contribution in [0.2, 0.25) is 10.0 Å². The number of sulfonamides is 1. The van der Waals surface area contributed by atoms with Crippen LogP contribution < -0.4 is 14.4 Å². The predicted octanol–water partition coefficient (Wildman–Crippen LogP) is 6.31. The molecule has 0 aliphatic carbocycles. The lowest BCUT2D eigenvalue weighted by molar-refractivity contribution is -0.140. The molecule has 0 spiro atoms. The standard InChI is InChI=1S/C31H37Cl2N3O5S/c1-4-7-20-34-31(38)29(5-2)35(21-26-27(32)14-11-15-28(26)33)30(37)22-36(23-12-9-8-10-13-23)42(39,40)25-18-16-24(17-19-25)41-6-3/h8-19,29H,4-7,20-22H2,1-3H3,(H,34,38)/t29-/m0/s1. The van der Waals surface area contributed by atoms with Crippen LogP contribution in [0.25, 0.3) is 0 Å². The largest absolute Gasteiger partial charge is 0.494 e. The van der Waals surface area contributed by atoms with Crippen molar-refractivity contribution in [2.24, 2.45) is 0 Å². The number of nitrogens with zero attached hydrogens (tertiary/aromatic N) is 2. The first kappa shape index (κ1) is 33.2. The van der Waals surface area contributed by atoms with E-state index in [1.165, 1.54) is 17.0 Å². The average Bonchev–Trinajstić information content (AvgIpc) is 2.98. The fourth-order valence-corrected chi connectivity index (χ4v) is 6.34. The van der Waals surface area contributed by atoms with Crippen molar-refractivity contribution in [3.05, 3.63) is 88.4 Å². The molecule has 11 heteroatoms. The van der Waals surface area contributed by atoms with Crippen LogP contribution in [0.3, 0.4) is 0 Å². The molecule has 226 valence electrons. The second kappa shape index (κ2) is 15.8. The average molecular weight is 635 g/mol. The lowest BCUT2D eigenvalue weighted by Crippen LogP contribution is -2.52. The van der Waals surface area contributed by atoms with E-state index in [1.54, 1.807) is 67.6 Å². The van der Waals surface area contributed by atoms with Crippen LogP contribution >= 0.6 is 23.2 Å². The normalized spacial score (nSPS) is 11.9. The Balaban J connectivity index is 2.04. The third-order valence-electron chi connectivity index (χ3n) is 6.65. The van der Waals surface area contributed by atoms with Gasteiger partial charge in [-0.05, 0) is 68.3 Å². The Morgan fingerprint density at radius 2 is 1.55 bits per heavy atom. The highest BCUT2D eigenvalue weighted by molar-refractivity contribution is 7.92. The topological polar surface area (TPSA) is 96.0 Å². The van der Waals surface area contributed by atoms with Gasteiger partial charge in [0.25, 0.3) is 10.0 Å². The Morgan fingerprint density at radius 1 is 0.905 bits per heavy atom. The fraction of sp³-hybridized carbons (Fsp3) is 0.355. The van der Waals surface area contributed by atoms with Gasteiger partial charge in [0.1, 0.15) is 18.3 Å². The van der Waals surface area contributed by atoms with E-state index in [2.05, 4.69) is 5.32 Å². The lowest BCUT2D eigenvalue weighted by atomic mass is 10.1. The maximum Gasteiger partial charge on any atom is 0.264 e. The number of carbonyl (C=O) groups excluding carboxylic acids is 2. The van der Waals surface area contributed by atoms with Gasteiger partial charge in [0, 0.05) is 28.7 Å². The van der Waals surface area contributed by atoms with Gasteiger partial charge >= 0.3 is 0 Å². The Kier molecular flexibility index (Phi) is 12.5. The first-order valence-corrected chi connectivity index (χ1v) is 16.1. The molecule has 0 bridgehead atoms. The van der Waals surface area contributed by atoms with Gasteiger partial charge in [-0.1, -0.05) is 67.7 Å². The molecule has 8 nitrogen and oxygen atoms in total. The van der Waals surface area contributed by atoms with Gasteiger partial charge in [-0.15, -0.1) is 0 Å². The summed E-state index contributed by atoms with van der Waals surface area (Å²) in [4.78, 5) is 28.8. The lowest BCUT2D eigenvalue weighted by Gasteiger charge is -2.33. The van der Waals surface area contributed by atoms with Crippen LogP contribution in [0, 0.1) is 0 Å². The number of benzene rings is 3. The number of unbranched alkanes of at least 4 members (excludes halogenated alkanes) is 1. The summed E-state index contributed by atoms with van der Waals surface area (Å²) in [5.41, 5.74) is 0.769. The van der Waals surface area contributed by atoms with Crippen molar-refractivity contribution in [3.63, 3.8) is 0 Å². The van der Waals surface area contributed by atoms with E-state index in [4.69, 9.17) is 27.9 Å². The highest BCUT2D eigenvalue weighted by Crippen LogP contribution is 2.29. The summed E-state index contributed by atoms with van der Waals surface area (Å²) in [5.74, 6) is -0.383. The van der Waals surface area contributed by atoms with Gasteiger partial charge in [0.2, 0.25) is 11.8 Å². The summed E-state index contributed by atoms with van der Waals surface area (Å²) in [7, 11) is -4.20. The van der Waals surface area contributed by atoms with Crippen molar-refractivity contribution >= 4 is 50.7 Å². The Bertz CT molecular complexity index is 1420. The van der Waals surface area contributed by atoms with Crippen molar-refractivity contribution in [3.8, 4) is 5.75 Å². The van der Waals surface area contributed by atoms with Crippen molar-refractivity contribution in [1.82, 2.24) is 10.2 Å². The second-order valence-electron chi connectivity index (χ2n) is 9.54. The van der Waals surface area contributed by atoms with Gasteiger partial charge in [-0.3, -0.25) is 13.9 Å². The number of amides is 2. The molecule has 0 saturated heterocycles. The SMILES string of the molecule is CCCCNC(=O)[C@H](CC)N(Cc1c(Cl)cccc1Cl)C(=O)CN(c1ccccc1)S(=O)(=O)c1ccc(OCC)cc1. The third-order valence-corrected chi connectivity index (χ3v) is 9.15. The molecule has 3 aromatic carbocycles. The van der Waals surface area contributed by atoms with E-state index in [-0.39, 0.29) is 17.3 Å². The minimum absolute atomic E-state index is 0.00680. The van der Waals surface area contributed by atoms with Gasteiger partial charge < -0.3 is 15.0 Å². The quantitative estimate of drug-likeness (QED) is 0.198. The molecule has 0 aliphatic rings. The summed E-state index contributed by atoms with van der Waals surface area (Å²) >= 11 is 12.9. The second-order valence-corrected chi connectivity index (χ2v) is 12.2. The first-order valence-electron chi connectivity index (χ1n) is 13.9. The number of hydrogen-bond acceptors (Lipinski definition) is 5. The maximum atomic E-state index is 14.1. The number of ether oxygens (including phenoxy) is 1. The van der Waals surface area contributed by atoms with Crippen LogP contribution in [0.5, 0.6) is 5.75 Å². The zero-order valence-electron chi connectivity index (χ0n) is 24.1. The number of halogens is 2. The van der Waals surface area contributed by atoms with E-state index in [0.29, 0.717) is 46.6 Å². The van der Waals surface area contributed by atoms with Crippen molar-refractivity contribution in [1.29, 1.82) is 0 Å². The summed E-state index contributed by atoms with van der Waals surface area (Å²) in [6.45, 7) is 5.91. The van der Waals surface area contributed by atoms with Crippen LogP contribution in [0.4, 0.5) is 5.69 Å². The Hall–Kier alpha value is -3.27. The van der Waals surface area contributed by atoms with Gasteiger partial charge in [0.05, 0.1) is 17.2 Å². The number of para-hydroxylation sites is 1. The van der Waals surface area contributed by atoms with Crippen molar-refractivity contribution in [2.45, 2.75) is 57.5 Å². The first-order chi connectivity index (χ1) is 20.1. The van der Waals surface area contributed by atoms with Crippen LogP contribution in [0.15, 0.2) is 77.7 Å². The fourth-order valence-electron chi connectivity index (χ4n) is 4.40. The maximum absolute atomic E-state index is 14.1. The predicted molar refractivity (Wildman–Crippen MR) is 168 cm³/mol. The minimum Gasteiger partial charge on any atom is -0.494 e. The monoisotopic (exact) mass is 633 g/mol. The Labute approximate surface area is 258 Å². The van der Waals surface area contributed by atoms with Crippen LogP contribution in [-0.4, -0.2) is 50.9 Å². The number of rotatable bonds is 15. The molecular formula is C31H37Cl2N3O5S. The molecule has 0 fully saturated rings. The van der Waals surface area contributed by atoms with E-state index in [1.807, 2.05) is 13.8 Å². The summed E-state index contributed by atoms with van der Waals surface area (Å²) < 4.78 is 34.4. The third kappa shape index (κ3) is 8.40. The zero-order chi connectivity index (χ0) is 30.7. The number of hydrogen-bond donors (Lipinski definition) is 1. The highest BCUT2D eigenvalue weighted by atomic mass is 35.5. The number of nitrogens with one attached hydrogen (secondary N) is 1. The smallest absolute Gasteiger partial charge is 0.264 e. The molecule has 2 amide bonds.